The summed E-state index contributed by atoms with van der Waals surface area (Å²) < 4.78 is 2.19. The Kier molecular flexibility index (Phi) is 6.81. The summed E-state index contributed by atoms with van der Waals surface area (Å²) in [5.41, 5.74) is 2.11. The molecule has 0 radical (unpaired) electrons. The normalized spacial score (nSPS) is 16.5. The van der Waals surface area contributed by atoms with Crippen molar-refractivity contribution in [3.8, 4) is 0 Å². The number of benzene rings is 2. The summed E-state index contributed by atoms with van der Waals surface area (Å²) in [5.74, 6) is -1.69. The molecule has 13 heteroatoms. The fourth-order valence-electron chi connectivity index (χ4n) is 4.76. The van der Waals surface area contributed by atoms with E-state index in [1.165, 1.54) is 30.0 Å². The molecule has 0 spiro atoms. The van der Waals surface area contributed by atoms with Crippen LogP contribution in [0.2, 0.25) is 0 Å². The molecule has 4 heterocycles. The highest BCUT2D eigenvalue weighted by molar-refractivity contribution is 8.00. The van der Waals surface area contributed by atoms with Crippen molar-refractivity contribution < 1.29 is 19.6 Å². The molecule has 1 aliphatic rings. The van der Waals surface area contributed by atoms with Crippen LogP contribution in [-0.2, 0) is 15.3 Å². The zero-order chi connectivity index (χ0) is 28.7. The lowest BCUT2D eigenvalue weighted by Crippen LogP contribution is -2.29. The van der Waals surface area contributed by atoms with E-state index in [0.29, 0.717) is 21.4 Å². The summed E-state index contributed by atoms with van der Waals surface area (Å²) in [4.78, 5) is 43.7. The summed E-state index contributed by atoms with van der Waals surface area (Å²) in [6, 6.07) is 19.5. The van der Waals surface area contributed by atoms with Gasteiger partial charge >= 0.3 is 5.91 Å². The Bertz CT molecular complexity index is 1870. The largest absolute Gasteiger partial charge is 0.505 e. The van der Waals surface area contributed by atoms with Gasteiger partial charge in [-0.1, -0.05) is 71.6 Å². The number of carbonyl (C=O) groups is 2. The molecule has 1 atom stereocenters. The molecule has 41 heavy (non-hydrogen) atoms. The Morgan fingerprint density at radius 1 is 1.07 bits per heavy atom. The van der Waals surface area contributed by atoms with E-state index >= 15 is 0 Å². The van der Waals surface area contributed by atoms with Gasteiger partial charge in [0, 0.05) is 24.1 Å². The predicted octanol–water partition coefficient (Wildman–Crippen LogP) is 5.32. The van der Waals surface area contributed by atoms with Crippen LogP contribution in [-0.4, -0.2) is 41.3 Å². The third kappa shape index (κ3) is 4.74. The summed E-state index contributed by atoms with van der Waals surface area (Å²) in [7, 11) is 0. The Morgan fingerprint density at radius 3 is 2.63 bits per heavy atom. The fraction of sp³-hybridized carbons (Fsp3) is 0.107. The molecular formula is C28H20N6O5S2. The molecule has 0 aliphatic carbocycles. The fourth-order valence-corrected chi connectivity index (χ4v) is 6.58. The number of aromatic nitrogens is 4. The van der Waals surface area contributed by atoms with Crippen molar-refractivity contribution in [2.24, 2.45) is 0 Å². The molecule has 204 valence electrons. The second kappa shape index (κ2) is 10.6. The van der Waals surface area contributed by atoms with E-state index < -0.39 is 28.4 Å². The van der Waals surface area contributed by atoms with Gasteiger partial charge in [-0.15, -0.1) is 10.2 Å². The molecule has 0 saturated carbocycles. The number of amides is 1. The second-order valence-electron chi connectivity index (χ2n) is 9.12. The predicted molar refractivity (Wildman–Crippen MR) is 154 cm³/mol. The van der Waals surface area contributed by atoms with Crippen LogP contribution in [0.4, 0.5) is 10.8 Å². The van der Waals surface area contributed by atoms with Crippen LogP contribution in [0.3, 0.4) is 0 Å². The Morgan fingerprint density at radius 2 is 1.85 bits per heavy atom. The van der Waals surface area contributed by atoms with Crippen molar-refractivity contribution in [3.63, 3.8) is 0 Å². The molecule has 6 rings (SSSR count). The Labute approximate surface area is 241 Å². The van der Waals surface area contributed by atoms with Crippen molar-refractivity contribution in [1.29, 1.82) is 0 Å². The van der Waals surface area contributed by atoms with Gasteiger partial charge < -0.3 is 5.11 Å². The number of aliphatic hydroxyl groups excluding tert-OH is 1. The number of rotatable bonds is 7. The van der Waals surface area contributed by atoms with E-state index in [1.54, 1.807) is 41.8 Å². The maximum absolute atomic E-state index is 13.6. The first-order valence-corrected chi connectivity index (χ1v) is 14.1. The maximum atomic E-state index is 13.6. The number of nitro groups is 1. The molecule has 1 saturated heterocycles. The topological polar surface area (TPSA) is 144 Å². The van der Waals surface area contributed by atoms with Crippen LogP contribution < -0.4 is 4.90 Å². The van der Waals surface area contributed by atoms with Crippen molar-refractivity contribution >= 4 is 57.0 Å². The molecule has 1 amide bonds. The van der Waals surface area contributed by atoms with E-state index in [1.807, 2.05) is 30.3 Å². The first-order chi connectivity index (χ1) is 19.8. The van der Waals surface area contributed by atoms with Crippen molar-refractivity contribution in [3.05, 3.63) is 117 Å². The molecule has 1 N–H and O–H groups in total. The number of aryl methyl sites for hydroxylation is 1. The van der Waals surface area contributed by atoms with Crippen LogP contribution in [0.25, 0.3) is 11.4 Å². The smallest absolute Gasteiger partial charge is 0.301 e. The molecular weight excluding hydrogens is 564 g/mol. The number of nitro benzene ring substituents is 1. The highest BCUT2D eigenvalue weighted by Gasteiger charge is 2.49. The summed E-state index contributed by atoms with van der Waals surface area (Å²) >= 11 is 2.55. The number of imidazole rings is 1. The first-order valence-electron chi connectivity index (χ1n) is 12.3. The molecule has 11 nitrogen and oxygen atoms in total. The van der Waals surface area contributed by atoms with Crippen LogP contribution in [0.15, 0.2) is 88.9 Å². The Balaban J connectivity index is 1.48. The lowest BCUT2D eigenvalue weighted by atomic mass is 9.96. The number of Topliss-reactive ketones (excluding diaryl/α,β-unsaturated/α-hetero) is 1. The van der Waals surface area contributed by atoms with Gasteiger partial charge in [0.15, 0.2) is 10.1 Å². The molecule has 1 aliphatic heterocycles. The molecule has 0 bridgehead atoms. The molecule has 2 aromatic carbocycles. The maximum Gasteiger partial charge on any atom is 0.301 e. The van der Waals surface area contributed by atoms with Crippen LogP contribution >= 0.6 is 23.1 Å². The van der Waals surface area contributed by atoms with E-state index in [0.717, 1.165) is 21.8 Å². The van der Waals surface area contributed by atoms with Gasteiger partial charge in [-0.25, -0.2) is 4.98 Å². The van der Waals surface area contributed by atoms with Crippen LogP contribution in [0, 0.1) is 17.0 Å². The minimum atomic E-state index is -1.19. The van der Waals surface area contributed by atoms with E-state index in [9.17, 15) is 24.8 Å². The summed E-state index contributed by atoms with van der Waals surface area (Å²) in [6.07, 6.45) is 1.68. The number of nitrogens with zero attached hydrogens (tertiary/aromatic N) is 6. The molecule has 1 fully saturated rings. The van der Waals surface area contributed by atoms with Gasteiger partial charge in [0.2, 0.25) is 5.13 Å². The van der Waals surface area contributed by atoms with Gasteiger partial charge in [-0.2, -0.15) is 0 Å². The van der Waals surface area contributed by atoms with E-state index in [2.05, 4.69) is 15.2 Å². The number of thioether (sulfide) groups is 1. The summed E-state index contributed by atoms with van der Waals surface area (Å²) in [5, 5.41) is 31.8. The zero-order valence-electron chi connectivity index (χ0n) is 21.4. The number of aliphatic hydroxyl groups is 1. The third-order valence-corrected chi connectivity index (χ3v) is 8.70. The van der Waals surface area contributed by atoms with E-state index in [-0.39, 0.29) is 27.6 Å². The van der Waals surface area contributed by atoms with Crippen LogP contribution in [0.5, 0.6) is 0 Å². The average Bonchev–Trinajstić information content (AvgIpc) is 3.66. The minimum absolute atomic E-state index is 0.132. The van der Waals surface area contributed by atoms with Gasteiger partial charge in [-0.05, 0) is 30.2 Å². The monoisotopic (exact) mass is 584 g/mol. The SMILES string of the molecule is Cc1nc2ccccn2c1/C(O)=C1\C(=O)C(=O)N(c2nnc(SCc3ccccc3)s2)C1c1cccc([N+](=O)[O-])c1. The van der Waals surface area contributed by atoms with Crippen LogP contribution in [0.1, 0.15) is 28.6 Å². The van der Waals surface area contributed by atoms with Gasteiger partial charge in [0.25, 0.3) is 11.5 Å². The highest BCUT2D eigenvalue weighted by atomic mass is 32.2. The van der Waals surface area contributed by atoms with Crippen molar-refractivity contribution in [2.45, 2.75) is 23.1 Å². The zero-order valence-corrected chi connectivity index (χ0v) is 23.0. The lowest BCUT2D eigenvalue weighted by molar-refractivity contribution is -0.384. The van der Waals surface area contributed by atoms with Gasteiger partial charge in [0.1, 0.15) is 11.3 Å². The van der Waals surface area contributed by atoms with E-state index in [4.69, 9.17) is 0 Å². The standard InChI is InChI=1S/C28H20N6O5S2/c1-16-22(32-13-6-5-12-20(32)29-16)24(35)21-23(18-10-7-11-19(14-18)34(38)39)33(26(37)25(21)36)27-30-31-28(41-27)40-15-17-8-3-2-4-9-17/h2-14,23,35H,15H2,1H3/b24-21+. The average molecular weight is 585 g/mol. The lowest BCUT2D eigenvalue weighted by Gasteiger charge is -2.22. The van der Waals surface area contributed by atoms with Gasteiger partial charge in [-0.3, -0.25) is 29.0 Å². The number of anilines is 1. The van der Waals surface area contributed by atoms with Gasteiger partial charge in [0.05, 0.1) is 22.2 Å². The molecule has 3 aromatic heterocycles. The first kappa shape index (κ1) is 26.3. The summed E-state index contributed by atoms with van der Waals surface area (Å²) in [6.45, 7) is 1.68. The Hall–Kier alpha value is -4.88. The van der Waals surface area contributed by atoms with Crippen molar-refractivity contribution in [1.82, 2.24) is 19.6 Å². The highest BCUT2D eigenvalue weighted by Crippen LogP contribution is 2.44. The molecule has 1 unspecified atom stereocenters. The number of carbonyl (C=O) groups excluding carboxylic acids is 2. The number of pyridine rings is 1. The third-order valence-electron chi connectivity index (χ3n) is 6.58. The molecule has 5 aromatic rings. The quantitative estimate of drug-likeness (QED) is 0.0511. The number of ketones is 1. The number of non-ortho nitro benzene ring substituents is 1. The number of fused-ring (bicyclic) bond motifs is 1. The minimum Gasteiger partial charge on any atom is -0.505 e. The van der Waals surface area contributed by atoms with Crippen molar-refractivity contribution in [2.75, 3.05) is 4.90 Å². The second-order valence-corrected chi connectivity index (χ2v) is 11.3. The number of hydrogen-bond acceptors (Lipinski definition) is 10. The number of hydrogen-bond donors (Lipinski definition) is 1.